The zero-order valence-electron chi connectivity index (χ0n) is 7.95. The minimum atomic E-state index is 0.392. The second kappa shape index (κ2) is 4.69. The van der Waals surface area contributed by atoms with Crippen molar-refractivity contribution >= 4 is 27.7 Å². The minimum absolute atomic E-state index is 0.392. The van der Waals surface area contributed by atoms with Crippen molar-refractivity contribution in [2.24, 2.45) is 11.7 Å². The van der Waals surface area contributed by atoms with Gasteiger partial charge >= 0.3 is 0 Å². The number of thioether (sulfide) groups is 1. The van der Waals surface area contributed by atoms with E-state index in [1.165, 1.54) is 11.3 Å². The molecule has 1 fully saturated rings. The average Bonchev–Trinajstić information content (AvgIpc) is 2.56. The Morgan fingerprint density at radius 2 is 2.00 bits per heavy atom. The lowest BCUT2D eigenvalue weighted by atomic mass is 9.96. The Morgan fingerprint density at radius 1 is 1.29 bits per heavy atom. The second-order valence-corrected chi connectivity index (χ2v) is 5.78. The lowest BCUT2D eigenvalue weighted by molar-refractivity contribution is 0.515. The van der Waals surface area contributed by atoms with Gasteiger partial charge in [0.2, 0.25) is 0 Å². The average molecular weight is 272 g/mol. The molecule has 76 valence electrons. The van der Waals surface area contributed by atoms with Gasteiger partial charge in [-0.3, -0.25) is 0 Å². The van der Waals surface area contributed by atoms with Gasteiger partial charge in [0.05, 0.1) is 0 Å². The van der Waals surface area contributed by atoms with Crippen LogP contribution in [0, 0.1) is 5.92 Å². The first-order valence-corrected chi connectivity index (χ1v) is 6.78. The smallest absolute Gasteiger partial charge is 0.0175 e. The second-order valence-electron chi connectivity index (χ2n) is 3.79. The molecule has 3 heteroatoms. The molecule has 1 nitrogen and oxygen atoms in total. The van der Waals surface area contributed by atoms with Crippen molar-refractivity contribution in [3.8, 4) is 0 Å². The summed E-state index contributed by atoms with van der Waals surface area (Å²) in [5.74, 6) is 3.01. The van der Waals surface area contributed by atoms with Crippen LogP contribution < -0.4 is 5.73 Å². The van der Waals surface area contributed by atoms with Crippen molar-refractivity contribution in [2.75, 3.05) is 11.5 Å². The number of halogens is 1. The molecule has 2 unspecified atom stereocenters. The van der Waals surface area contributed by atoms with Crippen molar-refractivity contribution in [2.45, 2.75) is 12.5 Å². The lowest BCUT2D eigenvalue weighted by Crippen LogP contribution is -2.29. The summed E-state index contributed by atoms with van der Waals surface area (Å²) >= 11 is 5.42. The molecule has 14 heavy (non-hydrogen) atoms. The maximum absolute atomic E-state index is 6.03. The van der Waals surface area contributed by atoms with Crippen LogP contribution in [-0.4, -0.2) is 17.5 Å². The van der Waals surface area contributed by atoms with Gasteiger partial charge in [-0.05, 0) is 35.8 Å². The van der Waals surface area contributed by atoms with Crippen LogP contribution in [-0.2, 0) is 6.42 Å². The van der Waals surface area contributed by atoms with Crippen LogP contribution in [0.5, 0.6) is 0 Å². The molecule has 0 aliphatic carbocycles. The zero-order chi connectivity index (χ0) is 9.97. The molecule has 0 radical (unpaired) electrons. The highest BCUT2D eigenvalue weighted by Crippen LogP contribution is 2.26. The topological polar surface area (TPSA) is 26.0 Å². The predicted molar refractivity (Wildman–Crippen MR) is 66.6 cm³/mol. The van der Waals surface area contributed by atoms with E-state index in [1.54, 1.807) is 0 Å². The fourth-order valence-electron chi connectivity index (χ4n) is 1.75. The van der Waals surface area contributed by atoms with Crippen LogP contribution in [0.15, 0.2) is 28.7 Å². The third-order valence-electron chi connectivity index (χ3n) is 2.66. The summed E-state index contributed by atoms with van der Waals surface area (Å²) in [5, 5.41) is 0. The van der Waals surface area contributed by atoms with Gasteiger partial charge in [-0.25, -0.2) is 0 Å². The molecule has 1 saturated heterocycles. The summed E-state index contributed by atoms with van der Waals surface area (Å²) in [5.41, 5.74) is 7.43. The first-order valence-electron chi connectivity index (χ1n) is 4.83. The van der Waals surface area contributed by atoms with Crippen molar-refractivity contribution in [3.63, 3.8) is 0 Å². The molecule has 0 amide bonds. The SMILES string of the molecule is NC1CSCC1Cc1ccc(Br)cc1. The Labute approximate surface area is 97.6 Å². The van der Waals surface area contributed by atoms with E-state index in [0.29, 0.717) is 12.0 Å². The van der Waals surface area contributed by atoms with Gasteiger partial charge in [0.1, 0.15) is 0 Å². The molecule has 1 aromatic carbocycles. The van der Waals surface area contributed by atoms with Gasteiger partial charge in [0.25, 0.3) is 0 Å². The number of benzene rings is 1. The van der Waals surface area contributed by atoms with Crippen LogP contribution in [0.3, 0.4) is 0 Å². The molecule has 0 saturated carbocycles. The zero-order valence-corrected chi connectivity index (χ0v) is 10.4. The third-order valence-corrected chi connectivity index (χ3v) is 4.47. The monoisotopic (exact) mass is 271 g/mol. The van der Waals surface area contributed by atoms with Gasteiger partial charge < -0.3 is 5.73 Å². The highest BCUT2D eigenvalue weighted by molar-refractivity contribution is 9.10. The molecule has 2 N–H and O–H groups in total. The van der Waals surface area contributed by atoms with E-state index >= 15 is 0 Å². The van der Waals surface area contributed by atoms with E-state index in [-0.39, 0.29) is 0 Å². The van der Waals surface area contributed by atoms with Crippen LogP contribution in [0.25, 0.3) is 0 Å². The Kier molecular flexibility index (Phi) is 3.52. The van der Waals surface area contributed by atoms with Gasteiger partial charge in [0.15, 0.2) is 0 Å². The summed E-state index contributed by atoms with van der Waals surface area (Å²) < 4.78 is 1.14. The van der Waals surface area contributed by atoms with E-state index in [9.17, 15) is 0 Å². The van der Waals surface area contributed by atoms with Crippen LogP contribution in [0.4, 0.5) is 0 Å². The lowest BCUT2D eigenvalue weighted by Gasteiger charge is -2.13. The molecule has 0 bridgehead atoms. The fraction of sp³-hybridized carbons (Fsp3) is 0.455. The Morgan fingerprint density at radius 3 is 2.57 bits per heavy atom. The van der Waals surface area contributed by atoms with Crippen molar-refractivity contribution in [1.29, 1.82) is 0 Å². The van der Waals surface area contributed by atoms with Crippen LogP contribution in [0.2, 0.25) is 0 Å². The summed E-state index contributed by atoms with van der Waals surface area (Å²) in [6.45, 7) is 0. The van der Waals surface area contributed by atoms with Gasteiger partial charge in [-0.2, -0.15) is 11.8 Å². The molecule has 1 heterocycles. The normalized spacial score (nSPS) is 26.7. The number of hydrogen-bond donors (Lipinski definition) is 1. The first-order chi connectivity index (χ1) is 6.75. The fourth-order valence-corrected chi connectivity index (χ4v) is 3.36. The standard InChI is InChI=1S/C11H14BrNS/c12-10-3-1-8(2-4-10)5-9-6-14-7-11(9)13/h1-4,9,11H,5-7,13H2. The van der Waals surface area contributed by atoms with E-state index in [4.69, 9.17) is 5.73 Å². The molecule has 0 spiro atoms. The largest absolute Gasteiger partial charge is 0.327 e. The molecule has 1 aliphatic rings. The summed E-state index contributed by atoms with van der Waals surface area (Å²) in [6, 6.07) is 8.95. The number of nitrogens with two attached hydrogens (primary N) is 1. The molecule has 1 aromatic rings. The van der Waals surface area contributed by atoms with Crippen molar-refractivity contribution in [1.82, 2.24) is 0 Å². The Hall–Kier alpha value is 0.01000. The minimum Gasteiger partial charge on any atom is -0.327 e. The number of rotatable bonds is 2. The molecule has 2 rings (SSSR count). The van der Waals surface area contributed by atoms with Crippen molar-refractivity contribution < 1.29 is 0 Å². The van der Waals surface area contributed by atoms with E-state index < -0.39 is 0 Å². The maximum atomic E-state index is 6.03. The Balaban J connectivity index is 2.00. The summed E-state index contributed by atoms with van der Waals surface area (Å²) in [4.78, 5) is 0. The first kappa shape index (κ1) is 10.5. The van der Waals surface area contributed by atoms with Gasteiger partial charge in [-0.1, -0.05) is 28.1 Å². The third kappa shape index (κ3) is 2.53. The predicted octanol–water partition coefficient (Wildman–Crippen LogP) is 2.68. The number of hydrogen-bond acceptors (Lipinski definition) is 2. The maximum Gasteiger partial charge on any atom is 0.0175 e. The summed E-state index contributed by atoms with van der Waals surface area (Å²) in [6.07, 6.45) is 1.13. The van der Waals surface area contributed by atoms with E-state index in [0.717, 1.165) is 16.6 Å². The molecule has 1 aliphatic heterocycles. The van der Waals surface area contributed by atoms with E-state index in [1.807, 2.05) is 11.8 Å². The summed E-state index contributed by atoms with van der Waals surface area (Å²) in [7, 11) is 0. The highest BCUT2D eigenvalue weighted by atomic mass is 79.9. The van der Waals surface area contributed by atoms with Gasteiger partial charge in [0, 0.05) is 16.3 Å². The van der Waals surface area contributed by atoms with Crippen molar-refractivity contribution in [3.05, 3.63) is 34.3 Å². The van der Waals surface area contributed by atoms with Crippen LogP contribution >= 0.6 is 27.7 Å². The van der Waals surface area contributed by atoms with Crippen LogP contribution in [0.1, 0.15) is 5.56 Å². The molecule has 2 atom stereocenters. The highest BCUT2D eigenvalue weighted by Gasteiger charge is 2.24. The van der Waals surface area contributed by atoms with Gasteiger partial charge in [-0.15, -0.1) is 0 Å². The molecule has 0 aromatic heterocycles. The van der Waals surface area contributed by atoms with E-state index in [2.05, 4.69) is 40.2 Å². The Bertz CT molecular complexity index is 299. The molecular weight excluding hydrogens is 258 g/mol. The molecular formula is C11H14BrNS. The quantitative estimate of drug-likeness (QED) is 0.895.